The predicted octanol–water partition coefficient (Wildman–Crippen LogP) is 3.79. The Morgan fingerprint density at radius 1 is 1.11 bits per heavy atom. The molecule has 1 aromatic carbocycles. The SMILES string of the molecule is CCCNC(c1ccc(C)cc1)c1ccncc1C. The van der Waals surface area contributed by atoms with E-state index in [1.165, 1.54) is 22.3 Å². The van der Waals surface area contributed by atoms with Crippen molar-refractivity contribution in [3.63, 3.8) is 0 Å². The molecule has 1 atom stereocenters. The molecule has 0 saturated heterocycles. The Morgan fingerprint density at radius 3 is 2.47 bits per heavy atom. The van der Waals surface area contributed by atoms with E-state index in [0.29, 0.717) is 0 Å². The van der Waals surface area contributed by atoms with Crippen LogP contribution in [0.2, 0.25) is 0 Å². The van der Waals surface area contributed by atoms with Crippen molar-refractivity contribution in [2.45, 2.75) is 33.2 Å². The van der Waals surface area contributed by atoms with Gasteiger partial charge in [0.15, 0.2) is 0 Å². The molecule has 1 N–H and O–H groups in total. The minimum absolute atomic E-state index is 0.253. The van der Waals surface area contributed by atoms with Crippen LogP contribution in [0.4, 0.5) is 0 Å². The molecule has 0 radical (unpaired) electrons. The Balaban J connectivity index is 2.35. The first-order valence-corrected chi connectivity index (χ1v) is 6.93. The number of nitrogens with zero attached hydrogens (tertiary/aromatic N) is 1. The van der Waals surface area contributed by atoms with Crippen LogP contribution in [0.1, 0.15) is 41.6 Å². The lowest BCUT2D eigenvalue weighted by Gasteiger charge is -2.21. The number of hydrogen-bond donors (Lipinski definition) is 1. The molecular formula is C17H22N2. The van der Waals surface area contributed by atoms with Crippen LogP contribution in [0.15, 0.2) is 42.7 Å². The van der Waals surface area contributed by atoms with Gasteiger partial charge < -0.3 is 5.32 Å². The fourth-order valence-corrected chi connectivity index (χ4v) is 2.26. The summed E-state index contributed by atoms with van der Waals surface area (Å²) in [5.41, 5.74) is 5.15. The van der Waals surface area contributed by atoms with Crippen molar-refractivity contribution in [2.75, 3.05) is 6.54 Å². The maximum atomic E-state index is 4.19. The van der Waals surface area contributed by atoms with Gasteiger partial charge in [0.1, 0.15) is 0 Å². The molecular weight excluding hydrogens is 232 g/mol. The maximum absolute atomic E-state index is 4.19. The lowest BCUT2D eigenvalue weighted by atomic mass is 9.95. The number of pyridine rings is 1. The summed E-state index contributed by atoms with van der Waals surface area (Å²) in [5, 5.41) is 3.63. The molecule has 2 nitrogen and oxygen atoms in total. The maximum Gasteiger partial charge on any atom is 0.0580 e. The molecule has 1 heterocycles. The van der Waals surface area contributed by atoms with E-state index in [1.54, 1.807) is 0 Å². The average molecular weight is 254 g/mol. The second kappa shape index (κ2) is 6.48. The summed E-state index contributed by atoms with van der Waals surface area (Å²) in [5.74, 6) is 0. The van der Waals surface area contributed by atoms with Crippen molar-refractivity contribution in [1.82, 2.24) is 10.3 Å². The summed E-state index contributed by atoms with van der Waals surface area (Å²) < 4.78 is 0. The molecule has 1 unspecified atom stereocenters. The number of rotatable bonds is 5. The molecule has 2 heteroatoms. The van der Waals surface area contributed by atoms with Crippen LogP contribution >= 0.6 is 0 Å². The smallest absolute Gasteiger partial charge is 0.0580 e. The third-order valence-corrected chi connectivity index (χ3v) is 3.38. The van der Waals surface area contributed by atoms with Gasteiger partial charge in [-0.1, -0.05) is 36.8 Å². The predicted molar refractivity (Wildman–Crippen MR) is 80.3 cm³/mol. The Hall–Kier alpha value is -1.67. The first-order valence-electron chi connectivity index (χ1n) is 6.93. The molecule has 0 amide bonds. The Kier molecular flexibility index (Phi) is 4.69. The van der Waals surface area contributed by atoms with Crippen molar-refractivity contribution in [1.29, 1.82) is 0 Å². The Labute approximate surface area is 115 Å². The lowest BCUT2D eigenvalue weighted by molar-refractivity contribution is 0.595. The van der Waals surface area contributed by atoms with E-state index in [9.17, 15) is 0 Å². The highest BCUT2D eigenvalue weighted by Gasteiger charge is 2.14. The van der Waals surface area contributed by atoms with Gasteiger partial charge in [-0.2, -0.15) is 0 Å². The summed E-state index contributed by atoms with van der Waals surface area (Å²) in [7, 11) is 0. The second-order valence-corrected chi connectivity index (χ2v) is 5.03. The van der Waals surface area contributed by atoms with Crippen molar-refractivity contribution < 1.29 is 0 Å². The highest BCUT2D eigenvalue weighted by Crippen LogP contribution is 2.24. The molecule has 19 heavy (non-hydrogen) atoms. The first-order chi connectivity index (χ1) is 9.22. The molecule has 100 valence electrons. The van der Waals surface area contributed by atoms with E-state index in [0.717, 1.165) is 13.0 Å². The van der Waals surface area contributed by atoms with Crippen molar-refractivity contribution in [2.24, 2.45) is 0 Å². The highest BCUT2D eigenvalue weighted by molar-refractivity contribution is 5.36. The van der Waals surface area contributed by atoms with Crippen molar-refractivity contribution >= 4 is 0 Å². The average Bonchev–Trinajstić information content (AvgIpc) is 2.43. The second-order valence-electron chi connectivity index (χ2n) is 5.03. The third-order valence-electron chi connectivity index (χ3n) is 3.38. The number of nitrogens with one attached hydrogen (secondary N) is 1. The quantitative estimate of drug-likeness (QED) is 0.878. The van der Waals surface area contributed by atoms with Crippen LogP contribution in [0.3, 0.4) is 0 Å². The van der Waals surface area contributed by atoms with Gasteiger partial charge in [0, 0.05) is 12.4 Å². The topological polar surface area (TPSA) is 24.9 Å². The molecule has 2 rings (SSSR count). The molecule has 1 aromatic heterocycles. The molecule has 0 bridgehead atoms. The fourth-order valence-electron chi connectivity index (χ4n) is 2.26. The van der Waals surface area contributed by atoms with Crippen LogP contribution in [0.25, 0.3) is 0 Å². The summed E-state index contributed by atoms with van der Waals surface area (Å²) in [6, 6.07) is 11.1. The van der Waals surface area contributed by atoms with E-state index in [1.807, 2.05) is 12.4 Å². The number of aromatic nitrogens is 1. The number of hydrogen-bond acceptors (Lipinski definition) is 2. The van der Waals surface area contributed by atoms with Gasteiger partial charge in [-0.25, -0.2) is 0 Å². The third kappa shape index (κ3) is 3.42. The van der Waals surface area contributed by atoms with Gasteiger partial charge >= 0.3 is 0 Å². The molecule has 0 aliphatic rings. The minimum Gasteiger partial charge on any atom is -0.306 e. The standard InChI is InChI=1S/C17H22N2/c1-4-10-19-17(15-7-5-13(2)6-8-15)16-9-11-18-12-14(16)3/h5-9,11-12,17,19H,4,10H2,1-3H3. The summed E-state index contributed by atoms with van der Waals surface area (Å²) >= 11 is 0. The van der Waals surface area contributed by atoms with Crippen molar-refractivity contribution in [3.8, 4) is 0 Å². The van der Waals surface area contributed by atoms with Crippen LogP contribution in [0.5, 0.6) is 0 Å². The zero-order valence-corrected chi connectivity index (χ0v) is 12.0. The Morgan fingerprint density at radius 2 is 1.84 bits per heavy atom. The van der Waals surface area contributed by atoms with Crippen LogP contribution in [-0.2, 0) is 0 Å². The van der Waals surface area contributed by atoms with E-state index < -0.39 is 0 Å². The van der Waals surface area contributed by atoms with Gasteiger partial charge in [-0.05, 0) is 49.6 Å². The van der Waals surface area contributed by atoms with Gasteiger partial charge in [0.2, 0.25) is 0 Å². The van der Waals surface area contributed by atoms with E-state index in [4.69, 9.17) is 0 Å². The summed E-state index contributed by atoms with van der Waals surface area (Å²) in [6.45, 7) is 7.45. The van der Waals surface area contributed by atoms with Gasteiger partial charge in [0.05, 0.1) is 6.04 Å². The molecule has 2 aromatic rings. The summed E-state index contributed by atoms with van der Waals surface area (Å²) in [4.78, 5) is 4.19. The monoisotopic (exact) mass is 254 g/mol. The number of aryl methyl sites for hydroxylation is 2. The molecule has 0 fully saturated rings. The summed E-state index contributed by atoms with van der Waals surface area (Å²) in [6.07, 6.45) is 4.94. The number of benzene rings is 1. The Bertz CT molecular complexity index is 517. The van der Waals surface area contributed by atoms with E-state index in [-0.39, 0.29) is 6.04 Å². The van der Waals surface area contributed by atoms with Crippen LogP contribution in [0, 0.1) is 13.8 Å². The normalized spacial score (nSPS) is 12.4. The fraction of sp³-hybridized carbons (Fsp3) is 0.353. The van der Waals surface area contributed by atoms with E-state index in [2.05, 4.69) is 61.4 Å². The zero-order chi connectivity index (χ0) is 13.7. The van der Waals surface area contributed by atoms with Gasteiger partial charge in [-0.15, -0.1) is 0 Å². The van der Waals surface area contributed by atoms with Gasteiger partial charge in [0.25, 0.3) is 0 Å². The molecule has 0 aliphatic carbocycles. The molecule has 0 saturated carbocycles. The molecule has 0 spiro atoms. The van der Waals surface area contributed by atoms with Gasteiger partial charge in [-0.3, -0.25) is 4.98 Å². The molecule has 0 aliphatic heterocycles. The van der Waals surface area contributed by atoms with E-state index >= 15 is 0 Å². The zero-order valence-electron chi connectivity index (χ0n) is 12.0. The minimum atomic E-state index is 0.253. The lowest BCUT2D eigenvalue weighted by Crippen LogP contribution is -2.24. The largest absolute Gasteiger partial charge is 0.306 e. The first kappa shape index (κ1) is 13.8. The van der Waals surface area contributed by atoms with Crippen molar-refractivity contribution in [3.05, 3.63) is 65.0 Å². The highest BCUT2D eigenvalue weighted by atomic mass is 14.9. The van der Waals surface area contributed by atoms with Crippen LogP contribution < -0.4 is 5.32 Å². The van der Waals surface area contributed by atoms with Crippen LogP contribution in [-0.4, -0.2) is 11.5 Å².